The van der Waals surface area contributed by atoms with Gasteiger partial charge < -0.3 is 5.73 Å². The molecule has 2 rings (SSSR count). The molecule has 0 amide bonds. The second kappa shape index (κ2) is 4.58. The summed E-state index contributed by atoms with van der Waals surface area (Å²) in [5, 5.41) is 0. The molecule has 1 saturated heterocycles. The fourth-order valence-corrected chi connectivity index (χ4v) is 5.02. The highest BCUT2D eigenvalue weighted by atomic mass is 32.2. The molecule has 0 radical (unpaired) electrons. The number of rotatable bonds is 3. The molecule has 0 bridgehead atoms. The molecule has 1 aliphatic carbocycles. The van der Waals surface area contributed by atoms with Crippen LogP contribution in [0.2, 0.25) is 0 Å². The molecule has 2 N–H and O–H groups in total. The predicted molar refractivity (Wildman–Crippen MR) is 67.6 cm³/mol. The highest BCUT2D eigenvalue weighted by Gasteiger charge is 2.41. The van der Waals surface area contributed by atoms with Crippen LogP contribution in [-0.4, -0.2) is 36.1 Å². The fraction of sp³-hybridized carbons (Fsp3) is 0.900. The first kappa shape index (κ1) is 12.3. The minimum absolute atomic E-state index is 0.0688. The Bertz CT molecular complexity index is 380. The maximum atomic E-state index is 12.1. The third-order valence-electron chi connectivity index (χ3n) is 3.64. The van der Waals surface area contributed by atoms with Gasteiger partial charge in [0.2, 0.25) is 10.0 Å². The third kappa shape index (κ3) is 2.38. The lowest BCUT2D eigenvalue weighted by atomic mass is 9.86. The number of sulfonamides is 1. The molecule has 0 spiro atoms. The van der Waals surface area contributed by atoms with E-state index in [-0.39, 0.29) is 16.8 Å². The van der Waals surface area contributed by atoms with E-state index in [2.05, 4.69) is 0 Å². The summed E-state index contributed by atoms with van der Waals surface area (Å²) >= 11 is 4.70. The van der Waals surface area contributed by atoms with Gasteiger partial charge in [-0.25, -0.2) is 8.42 Å². The van der Waals surface area contributed by atoms with E-state index in [0.717, 1.165) is 19.3 Å². The summed E-state index contributed by atoms with van der Waals surface area (Å²) in [5.74, 6) is 0.390. The maximum Gasteiger partial charge on any atom is 0.220 e. The standard InChI is InChI=1S/C10H18N2O2S2/c11-10(15)7-16(13,14)12-6-5-8-3-1-2-4-9(8)12/h8-9H,1-7H2,(H2,11,15). The highest BCUT2D eigenvalue weighted by Crippen LogP contribution is 2.37. The molecule has 0 aromatic rings. The molecule has 0 aromatic carbocycles. The van der Waals surface area contributed by atoms with Gasteiger partial charge in [-0.2, -0.15) is 4.31 Å². The molecule has 4 nitrogen and oxygen atoms in total. The Hall–Kier alpha value is -0.200. The molecule has 2 fully saturated rings. The van der Waals surface area contributed by atoms with Crippen molar-refractivity contribution in [2.24, 2.45) is 11.7 Å². The zero-order valence-electron chi connectivity index (χ0n) is 9.26. The first-order valence-electron chi connectivity index (χ1n) is 5.78. The van der Waals surface area contributed by atoms with Gasteiger partial charge in [0.25, 0.3) is 0 Å². The monoisotopic (exact) mass is 262 g/mol. The van der Waals surface area contributed by atoms with Crippen LogP contribution in [0.15, 0.2) is 0 Å². The van der Waals surface area contributed by atoms with Gasteiger partial charge in [-0.15, -0.1) is 0 Å². The second-order valence-electron chi connectivity index (χ2n) is 4.73. The van der Waals surface area contributed by atoms with E-state index < -0.39 is 10.0 Å². The fourth-order valence-electron chi connectivity index (χ4n) is 2.97. The average molecular weight is 262 g/mol. The Labute approximate surface area is 102 Å². The van der Waals surface area contributed by atoms with Crippen molar-refractivity contribution < 1.29 is 8.42 Å². The van der Waals surface area contributed by atoms with Crippen LogP contribution in [0.25, 0.3) is 0 Å². The lowest BCUT2D eigenvalue weighted by Crippen LogP contribution is -2.42. The molecule has 2 unspecified atom stereocenters. The van der Waals surface area contributed by atoms with E-state index in [9.17, 15) is 8.42 Å². The van der Waals surface area contributed by atoms with E-state index in [1.54, 1.807) is 4.31 Å². The molecule has 1 aliphatic heterocycles. The number of hydrogen-bond acceptors (Lipinski definition) is 3. The summed E-state index contributed by atoms with van der Waals surface area (Å²) in [6, 6.07) is 0.216. The van der Waals surface area contributed by atoms with E-state index in [1.165, 1.54) is 12.8 Å². The topological polar surface area (TPSA) is 63.4 Å². The van der Waals surface area contributed by atoms with E-state index in [0.29, 0.717) is 12.5 Å². The molecule has 6 heteroatoms. The van der Waals surface area contributed by atoms with Crippen molar-refractivity contribution in [1.82, 2.24) is 4.31 Å². The lowest BCUT2D eigenvalue weighted by molar-refractivity contribution is 0.261. The Balaban J connectivity index is 2.12. The van der Waals surface area contributed by atoms with Gasteiger partial charge in [-0.05, 0) is 25.2 Å². The van der Waals surface area contributed by atoms with Crippen molar-refractivity contribution in [1.29, 1.82) is 0 Å². The Morgan fingerprint density at radius 3 is 2.69 bits per heavy atom. The van der Waals surface area contributed by atoms with Crippen LogP contribution in [0, 0.1) is 5.92 Å². The largest absolute Gasteiger partial charge is 0.392 e. The van der Waals surface area contributed by atoms with Crippen molar-refractivity contribution >= 4 is 27.2 Å². The van der Waals surface area contributed by atoms with Crippen LogP contribution >= 0.6 is 12.2 Å². The number of nitrogens with two attached hydrogens (primary N) is 1. The summed E-state index contributed by atoms with van der Waals surface area (Å²) in [7, 11) is -3.26. The van der Waals surface area contributed by atoms with Gasteiger partial charge in [0.1, 0.15) is 5.75 Å². The molecule has 2 aliphatic rings. The molecule has 1 saturated carbocycles. The minimum Gasteiger partial charge on any atom is -0.392 e. The van der Waals surface area contributed by atoms with Gasteiger partial charge >= 0.3 is 0 Å². The molecular formula is C10H18N2O2S2. The third-order valence-corrected chi connectivity index (χ3v) is 5.81. The Kier molecular flexibility index (Phi) is 3.51. The number of nitrogens with zero attached hydrogens (tertiary/aromatic N) is 1. The van der Waals surface area contributed by atoms with Crippen LogP contribution in [0.3, 0.4) is 0 Å². The first-order chi connectivity index (χ1) is 7.50. The van der Waals surface area contributed by atoms with Gasteiger partial charge in [-0.1, -0.05) is 25.1 Å². The quantitative estimate of drug-likeness (QED) is 0.767. The van der Waals surface area contributed by atoms with Gasteiger partial charge in [0.15, 0.2) is 0 Å². The zero-order chi connectivity index (χ0) is 11.8. The van der Waals surface area contributed by atoms with Crippen molar-refractivity contribution in [3.63, 3.8) is 0 Å². The molecule has 16 heavy (non-hydrogen) atoms. The number of thiocarbonyl (C=S) groups is 1. The van der Waals surface area contributed by atoms with Crippen LogP contribution < -0.4 is 5.73 Å². The van der Waals surface area contributed by atoms with Crippen molar-refractivity contribution in [3.05, 3.63) is 0 Å². The minimum atomic E-state index is -3.26. The molecule has 2 atom stereocenters. The smallest absolute Gasteiger partial charge is 0.220 e. The zero-order valence-corrected chi connectivity index (χ0v) is 10.9. The summed E-state index contributed by atoms with van der Waals surface area (Å²) in [6.07, 6.45) is 5.55. The summed E-state index contributed by atoms with van der Waals surface area (Å²) < 4.78 is 25.8. The Morgan fingerprint density at radius 1 is 1.31 bits per heavy atom. The summed E-state index contributed by atoms with van der Waals surface area (Å²) in [6.45, 7) is 0.653. The van der Waals surface area contributed by atoms with Crippen LogP contribution in [0.4, 0.5) is 0 Å². The normalized spacial score (nSPS) is 31.2. The van der Waals surface area contributed by atoms with E-state index in [4.69, 9.17) is 18.0 Å². The maximum absolute atomic E-state index is 12.1. The van der Waals surface area contributed by atoms with Crippen molar-refractivity contribution in [2.45, 2.75) is 38.1 Å². The predicted octanol–water partition coefficient (Wildman–Crippen LogP) is 0.867. The summed E-state index contributed by atoms with van der Waals surface area (Å²) in [4.78, 5) is 0.0688. The van der Waals surface area contributed by atoms with Crippen molar-refractivity contribution in [2.75, 3.05) is 12.3 Å². The van der Waals surface area contributed by atoms with Gasteiger partial charge in [-0.3, -0.25) is 0 Å². The molecular weight excluding hydrogens is 244 g/mol. The van der Waals surface area contributed by atoms with E-state index in [1.807, 2.05) is 0 Å². The van der Waals surface area contributed by atoms with Crippen LogP contribution in [-0.2, 0) is 10.0 Å². The SMILES string of the molecule is NC(=S)CS(=O)(=O)N1CCC2CCCCC21. The highest BCUT2D eigenvalue weighted by molar-refractivity contribution is 7.92. The van der Waals surface area contributed by atoms with Crippen LogP contribution in [0.1, 0.15) is 32.1 Å². The Morgan fingerprint density at radius 2 is 2.00 bits per heavy atom. The first-order valence-corrected chi connectivity index (χ1v) is 7.80. The number of fused-ring (bicyclic) bond motifs is 1. The van der Waals surface area contributed by atoms with Gasteiger partial charge in [0, 0.05) is 12.6 Å². The molecule has 0 aromatic heterocycles. The number of hydrogen-bond donors (Lipinski definition) is 1. The molecule has 1 heterocycles. The van der Waals surface area contributed by atoms with Crippen molar-refractivity contribution in [3.8, 4) is 0 Å². The van der Waals surface area contributed by atoms with Crippen LogP contribution in [0.5, 0.6) is 0 Å². The molecule has 92 valence electrons. The lowest BCUT2D eigenvalue weighted by Gasteiger charge is -2.30. The summed E-state index contributed by atoms with van der Waals surface area (Å²) in [5.41, 5.74) is 5.34. The van der Waals surface area contributed by atoms with E-state index >= 15 is 0 Å². The average Bonchev–Trinajstić information content (AvgIpc) is 2.59. The second-order valence-corrected chi connectivity index (χ2v) is 7.18. The van der Waals surface area contributed by atoms with Gasteiger partial charge in [0.05, 0.1) is 4.99 Å².